The zero-order valence-electron chi connectivity index (χ0n) is 23.8. The molecule has 170 valence electrons. The predicted molar refractivity (Wildman–Crippen MR) is 128 cm³/mol. The molecule has 1 N–H and O–H groups in total. The summed E-state index contributed by atoms with van der Waals surface area (Å²) in [6, 6.07) is 5.59. The van der Waals surface area contributed by atoms with Gasteiger partial charge in [-0.15, -0.1) is 0 Å². The number of nitrogens with one attached hydrogen (secondary N) is 1. The number of ether oxygens (including phenoxy) is 1. The summed E-state index contributed by atoms with van der Waals surface area (Å²) in [5.41, 5.74) is 0.555. The van der Waals surface area contributed by atoms with E-state index in [1.54, 1.807) is 13.8 Å². The van der Waals surface area contributed by atoms with Crippen molar-refractivity contribution >= 4 is 28.1 Å². The number of carbonyl (C=O) groups excluding carboxylic acids is 1. The van der Waals surface area contributed by atoms with Crippen LogP contribution >= 0.6 is 0 Å². The van der Waals surface area contributed by atoms with Crippen molar-refractivity contribution in [3.63, 3.8) is 0 Å². The molecule has 6 nitrogen and oxygen atoms in total. The van der Waals surface area contributed by atoms with Crippen molar-refractivity contribution < 1.29 is 20.8 Å². The maximum Gasteiger partial charge on any atom is 0.159 e. The van der Waals surface area contributed by atoms with Gasteiger partial charge in [0.25, 0.3) is 0 Å². The fraction of sp³-hybridized carbons (Fsp3) is 0.269. The Morgan fingerprint density at radius 1 is 1.42 bits per heavy atom. The third-order valence-corrected chi connectivity index (χ3v) is 4.58. The molecule has 0 saturated heterocycles. The van der Waals surface area contributed by atoms with E-state index in [9.17, 15) is 14.4 Å². The zero-order chi connectivity index (χ0) is 28.4. The Morgan fingerprint density at radius 2 is 2.21 bits per heavy atom. The molecule has 33 heavy (non-hydrogen) atoms. The Morgan fingerprint density at radius 3 is 2.88 bits per heavy atom. The number of nitrogens with zero attached hydrogens (tertiary/aromatic N) is 3. The molecule has 0 atom stereocenters. The molecule has 1 heterocycles. The fourth-order valence-corrected chi connectivity index (χ4v) is 3.05. The highest BCUT2D eigenvalue weighted by Gasteiger charge is 2.16. The number of likely N-dealkylation sites (N-methyl/N-ethyl adjacent to an activating group) is 1. The molecule has 0 spiro atoms. The summed E-state index contributed by atoms with van der Waals surface area (Å²) in [5, 5.41) is 12.8. The Bertz CT molecular complexity index is 1490. The summed E-state index contributed by atoms with van der Waals surface area (Å²) < 4.78 is 61.3. The summed E-state index contributed by atoms with van der Waals surface area (Å²) in [7, 11) is 3.05. The highest BCUT2D eigenvalue weighted by molar-refractivity contribution is 5.98. The van der Waals surface area contributed by atoms with Crippen molar-refractivity contribution in [3.8, 4) is 11.8 Å². The van der Waals surface area contributed by atoms with Gasteiger partial charge in [-0.05, 0) is 63.8 Å². The number of hydrogen-bond donors (Lipinski definition) is 1. The number of benzene rings is 2. The molecule has 0 fully saturated rings. The summed E-state index contributed by atoms with van der Waals surface area (Å²) in [6.07, 6.45) is 1.38. The smallest absolute Gasteiger partial charge is 0.159 e. The van der Waals surface area contributed by atoms with Crippen molar-refractivity contribution in [2.24, 2.45) is 0 Å². The Kier molecular flexibility index (Phi) is 5.76. The van der Waals surface area contributed by atoms with E-state index in [0.29, 0.717) is 11.3 Å². The highest BCUT2D eigenvalue weighted by Crippen LogP contribution is 2.34. The number of pyridine rings is 1. The Labute approximate surface area is 200 Å². The third kappa shape index (κ3) is 5.93. The van der Waals surface area contributed by atoms with Gasteiger partial charge in [-0.2, -0.15) is 5.26 Å². The van der Waals surface area contributed by atoms with Crippen LogP contribution in [0.5, 0.6) is 5.75 Å². The van der Waals surface area contributed by atoms with E-state index in [1.165, 1.54) is 37.2 Å². The number of rotatable bonds is 9. The van der Waals surface area contributed by atoms with Crippen molar-refractivity contribution in [2.75, 3.05) is 32.5 Å². The van der Waals surface area contributed by atoms with Crippen LogP contribution in [0.2, 0.25) is 0 Å². The molecule has 1 aromatic heterocycles. The summed E-state index contributed by atoms with van der Waals surface area (Å²) in [5.74, 6) is -1.01. The van der Waals surface area contributed by atoms with Gasteiger partial charge in [-0.1, -0.05) is 6.08 Å². The lowest BCUT2D eigenvalue weighted by Gasteiger charge is -2.15. The quantitative estimate of drug-likeness (QED) is 0.465. The van der Waals surface area contributed by atoms with Crippen molar-refractivity contribution in [3.05, 3.63) is 71.1 Å². The van der Waals surface area contributed by atoms with E-state index in [-0.39, 0.29) is 58.6 Å². The van der Waals surface area contributed by atoms with Crippen LogP contribution in [-0.4, -0.2) is 42.9 Å². The standard InChI is InChI=1S/C26H27FN4O2/c1-5-33-25-14-24-22(13-18(25)12-21(32)7-6-10-31(3)4)26(19(15-28)16-29-24)30-20-8-9-23(27)17(2)11-20/h6-9,11,13-14,16H,5,10,12H2,1-4H3,(H,29,30)/b7-6+/i10D2,13D,14D,16D. The van der Waals surface area contributed by atoms with Crippen LogP contribution < -0.4 is 10.1 Å². The first-order valence-electron chi connectivity index (χ1n) is 12.7. The van der Waals surface area contributed by atoms with Crippen LogP contribution in [0.15, 0.2) is 48.6 Å². The monoisotopic (exact) mass is 451 g/mol. The summed E-state index contributed by atoms with van der Waals surface area (Å²) in [6.45, 7) is 1.48. The van der Waals surface area contributed by atoms with E-state index in [4.69, 9.17) is 11.6 Å². The summed E-state index contributed by atoms with van der Waals surface area (Å²) in [4.78, 5) is 18.2. The number of ketones is 1. The van der Waals surface area contributed by atoms with E-state index in [0.717, 1.165) is 12.2 Å². The second kappa shape index (κ2) is 10.7. The van der Waals surface area contributed by atoms with Gasteiger partial charge in [0, 0.05) is 44.5 Å². The molecule has 2 aromatic carbocycles. The number of aromatic nitrogens is 1. The molecule has 7 heteroatoms. The van der Waals surface area contributed by atoms with Crippen LogP contribution in [0.4, 0.5) is 15.8 Å². The molecule has 0 aliphatic heterocycles. The van der Waals surface area contributed by atoms with Crippen LogP contribution in [0.3, 0.4) is 0 Å². The Hall–Kier alpha value is -3.76. The average Bonchev–Trinajstić information content (AvgIpc) is 2.85. The number of carbonyl (C=O) groups is 1. The minimum absolute atomic E-state index is 0.0308. The molecular weight excluding hydrogens is 419 g/mol. The number of aryl methyl sites for hydroxylation is 1. The molecule has 0 radical (unpaired) electrons. The molecule has 0 saturated carbocycles. The number of nitriles is 1. The number of allylic oxidation sites excluding steroid dienone is 1. The lowest BCUT2D eigenvalue weighted by molar-refractivity contribution is -0.114. The number of halogens is 1. The fourth-order valence-electron chi connectivity index (χ4n) is 3.05. The van der Waals surface area contributed by atoms with Crippen LogP contribution in [0.1, 0.15) is 30.5 Å². The Balaban J connectivity index is 2.27. The molecule has 0 aliphatic carbocycles. The topological polar surface area (TPSA) is 78.2 Å². The molecule has 0 bridgehead atoms. The van der Waals surface area contributed by atoms with Crippen molar-refractivity contribution in [2.45, 2.75) is 20.3 Å². The van der Waals surface area contributed by atoms with Gasteiger partial charge in [-0.25, -0.2) is 4.39 Å². The highest BCUT2D eigenvalue weighted by atomic mass is 19.1. The van der Waals surface area contributed by atoms with Gasteiger partial charge in [0.05, 0.1) is 27.5 Å². The number of fused-ring (bicyclic) bond motifs is 1. The van der Waals surface area contributed by atoms with Crippen LogP contribution in [0.25, 0.3) is 10.9 Å². The first kappa shape index (κ1) is 17.8. The largest absolute Gasteiger partial charge is 0.494 e. The first-order chi connectivity index (χ1) is 17.8. The normalized spacial score (nSPS) is 13.8. The molecule has 3 rings (SSSR count). The molecule has 0 amide bonds. The van der Waals surface area contributed by atoms with E-state index < -0.39 is 24.3 Å². The minimum atomic E-state index is -1.88. The lowest BCUT2D eigenvalue weighted by Crippen LogP contribution is -2.11. The second-order valence-corrected chi connectivity index (χ2v) is 7.39. The van der Waals surface area contributed by atoms with E-state index >= 15 is 0 Å². The van der Waals surface area contributed by atoms with Gasteiger partial charge in [0.2, 0.25) is 0 Å². The zero-order valence-corrected chi connectivity index (χ0v) is 18.8. The van der Waals surface area contributed by atoms with Crippen molar-refractivity contribution in [1.29, 1.82) is 5.26 Å². The maximum atomic E-state index is 13.8. The van der Waals surface area contributed by atoms with E-state index in [1.807, 2.05) is 6.07 Å². The van der Waals surface area contributed by atoms with Gasteiger partial charge >= 0.3 is 0 Å². The van der Waals surface area contributed by atoms with Crippen LogP contribution in [0, 0.1) is 24.1 Å². The SMILES string of the molecule is [2H]c1nc2c([2H])c(OCC)c(CC(=O)/C=C/C([2H])([2H])N(C)C)c([2H])c2c(Nc2ccc(F)c(C)c2)c1C#N. The first-order valence-corrected chi connectivity index (χ1v) is 10.2. The molecule has 0 unspecified atom stereocenters. The minimum Gasteiger partial charge on any atom is -0.494 e. The van der Waals surface area contributed by atoms with Gasteiger partial charge in [-0.3, -0.25) is 9.78 Å². The second-order valence-electron chi connectivity index (χ2n) is 7.39. The van der Waals surface area contributed by atoms with Gasteiger partial charge < -0.3 is 15.0 Å². The lowest BCUT2D eigenvalue weighted by atomic mass is 10.0. The van der Waals surface area contributed by atoms with Gasteiger partial charge in [0.1, 0.15) is 17.6 Å². The van der Waals surface area contributed by atoms with Gasteiger partial charge in [0.15, 0.2) is 5.78 Å². The number of anilines is 2. The molecule has 3 aromatic rings. The van der Waals surface area contributed by atoms with Crippen molar-refractivity contribution in [1.82, 2.24) is 9.88 Å². The predicted octanol–water partition coefficient (Wildman–Crippen LogP) is 4.93. The van der Waals surface area contributed by atoms with E-state index in [2.05, 4.69) is 10.3 Å². The molecule has 0 aliphatic rings. The summed E-state index contributed by atoms with van der Waals surface area (Å²) >= 11 is 0. The van der Waals surface area contributed by atoms with Crippen LogP contribution in [-0.2, 0) is 11.2 Å². The maximum absolute atomic E-state index is 13.8. The molecular formula is C26H27FN4O2. The third-order valence-electron chi connectivity index (χ3n) is 4.58. The number of hydrogen-bond acceptors (Lipinski definition) is 6. The average molecular weight is 452 g/mol.